The van der Waals surface area contributed by atoms with Gasteiger partial charge in [0.1, 0.15) is 0 Å². The molecule has 0 aromatic rings. The Hall–Kier alpha value is 14.1. The molecule has 108 valence electrons. The Morgan fingerprint density at radius 3 is 0.333 bits per heavy atom. The molecule has 0 saturated carbocycles. The molecule has 6 N–H and O–H groups in total. The normalized spacial score (nSPS) is 5.62. The van der Waals surface area contributed by atoms with Crippen LogP contribution in [0.1, 0.15) is 0 Å². The predicted octanol–water partition coefficient (Wildman–Crippen LogP) is -11.9. The Morgan fingerprint density at radius 2 is 0.333 bits per heavy atom. The molecular formula is H28Ca11O8P2. The summed E-state index contributed by atoms with van der Waals surface area (Å²) in [5, 5.41) is 0. The third-order valence-electron chi connectivity index (χ3n) is 0. The van der Waals surface area contributed by atoms with Gasteiger partial charge >= 0.3 is 431 Å². The third-order valence-corrected chi connectivity index (χ3v) is 0. The fraction of sp³-hybridized carbons (Fsp3) is 0. The first-order valence-electron chi connectivity index (χ1n) is 1.57. The first-order valence-corrected chi connectivity index (χ1v) is 4.70. The van der Waals surface area contributed by atoms with Crippen molar-refractivity contribution in [1.29, 1.82) is 0 Å². The maximum absolute atomic E-state index is 8.88. The van der Waals surface area contributed by atoms with E-state index in [9.17, 15) is 0 Å². The van der Waals surface area contributed by atoms with Crippen molar-refractivity contribution in [2.75, 3.05) is 0 Å². The van der Waals surface area contributed by atoms with E-state index in [1.807, 2.05) is 0 Å². The molecule has 0 aliphatic rings. The zero-order valence-corrected chi connectivity index (χ0v) is 6.18. The quantitative estimate of drug-likeness (QED) is 0.111. The van der Waals surface area contributed by atoms with Gasteiger partial charge in [0.2, 0.25) is 0 Å². The molecular weight excluding hydrogens is 631 g/mol. The van der Waals surface area contributed by atoms with Gasteiger partial charge in [0.15, 0.2) is 0 Å². The summed E-state index contributed by atoms with van der Waals surface area (Å²) in [6, 6.07) is 0. The van der Waals surface area contributed by atoms with Gasteiger partial charge in [0, 0.05) is 0 Å². The first kappa shape index (κ1) is 83.6. The van der Waals surface area contributed by atoms with Gasteiger partial charge in [-0.05, 0) is 0 Å². The first-order chi connectivity index (χ1) is 4.00. The monoisotopic (exact) mass is 658 g/mol. The summed E-state index contributed by atoms with van der Waals surface area (Å²) in [5.74, 6) is 0. The summed E-state index contributed by atoms with van der Waals surface area (Å²) in [5.41, 5.74) is 0. The maximum atomic E-state index is 8.88. The molecule has 0 bridgehead atoms. The van der Waals surface area contributed by atoms with Crippen molar-refractivity contribution < 1.29 is 38.5 Å². The third kappa shape index (κ3) is 177. The molecule has 0 saturated heterocycles. The van der Waals surface area contributed by atoms with Crippen molar-refractivity contribution in [2.24, 2.45) is 0 Å². The van der Waals surface area contributed by atoms with Gasteiger partial charge in [-0.15, -0.1) is 0 Å². The SMILES string of the molecule is O=P(O)(O)O.O=P(O)(O)O.[CaH2].[CaH2].[CaH2].[CaH2].[CaH2].[CaH2].[CaH2].[CaH2].[CaH2].[CaH2].[CaH2]. The molecule has 21 heteroatoms. The van der Waals surface area contributed by atoms with Gasteiger partial charge in [0.05, 0.1) is 0 Å². The van der Waals surface area contributed by atoms with Crippen molar-refractivity contribution in [3.05, 3.63) is 0 Å². The van der Waals surface area contributed by atoms with Crippen LogP contribution in [0.25, 0.3) is 0 Å². The molecule has 0 amide bonds. The van der Waals surface area contributed by atoms with E-state index in [1.165, 1.54) is 0 Å². The van der Waals surface area contributed by atoms with Gasteiger partial charge in [0.25, 0.3) is 0 Å². The average molecular weight is 659 g/mol. The molecule has 21 heavy (non-hydrogen) atoms. The van der Waals surface area contributed by atoms with Crippen LogP contribution in [0.5, 0.6) is 0 Å². The molecule has 0 aliphatic heterocycles. The van der Waals surface area contributed by atoms with E-state index in [2.05, 4.69) is 0 Å². The van der Waals surface area contributed by atoms with Crippen molar-refractivity contribution >= 4 is 431 Å². The van der Waals surface area contributed by atoms with Crippen molar-refractivity contribution in [3.8, 4) is 0 Å². The number of hydrogen-bond donors (Lipinski definition) is 6. The van der Waals surface area contributed by atoms with E-state index in [4.69, 9.17) is 38.5 Å². The summed E-state index contributed by atoms with van der Waals surface area (Å²) in [6.45, 7) is 0. The van der Waals surface area contributed by atoms with Gasteiger partial charge < -0.3 is 29.4 Å². The van der Waals surface area contributed by atoms with Crippen LogP contribution in [0.3, 0.4) is 0 Å². The van der Waals surface area contributed by atoms with E-state index >= 15 is 0 Å². The Labute approximate surface area is 453 Å². The van der Waals surface area contributed by atoms with Crippen LogP contribution in [-0.4, -0.2) is 444 Å². The molecule has 0 rings (SSSR count). The van der Waals surface area contributed by atoms with Crippen LogP contribution in [0, 0.1) is 0 Å². The topological polar surface area (TPSA) is 156 Å². The molecule has 0 aliphatic carbocycles. The van der Waals surface area contributed by atoms with Crippen LogP contribution >= 0.6 is 15.6 Å². The fourth-order valence-corrected chi connectivity index (χ4v) is 0. The van der Waals surface area contributed by atoms with Gasteiger partial charge in [-0.25, -0.2) is 9.13 Å². The molecule has 8 nitrogen and oxygen atoms in total. The van der Waals surface area contributed by atoms with Gasteiger partial charge in [-0.3, -0.25) is 0 Å². The standard InChI is InChI=1S/11Ca.2H3O4P.22H/c;;;;;;;;;;;2*1-5(2,3)4;;;;;;;;;;;;;;;;;;;;;;/h;;;;;;;;;;;2*(H3,1,2,3,4);;;;;;;;;;;;;;;;;;;;;;. The molecule has 0 radical (unpaired) electrons. The van der Waals surface area contributed by atoms with Crippen molar-refractivity contribution in [2.45, 2.75) is 0 Å². The molecule has 0 aromatic heterocycles. The zero-order chi connectivity index (χ0) is 9.00. The molecule has 0 unspecified atom stereocenters. The van der Waals surface area contributed by atoms with E-state index in [-0.39, 0.29) is 415 Å². The molecule has 0 atom stereocenters. The fourth-order valence-electron chi connectivity index (χ4n) is 0. The van der Waals surface area contributed by atoms with E-state index < -0.39 is 15.6 Å². The van der Waals surface area contributed by atoms with Gasteiger partial charge in [-0.2, -0.15) is 0 Å². The zero-order valence-electron chi connectivity index (χ0n) is 4.39. The minimum absolute atomic E-state index is 0. The second-order valence-electron chi connectivity index (χ2n) is 1.03. The molecule has 0 spiro atoms. The van der Waals surface area contributed by atoms with Crippen LogP contribution in [0.2, 0.25) is 0 Å². The number of phosphoric acid groups is 2. The summed E-state index contributed by atoms with van der Waals surface area (Å²) in [4.78, 5) is 43.1. The molecule has 0 fully saturated rings. The minimum atomic E-state index is -4.64. The van der Waals surface area contributed by atoms with Crippen LogP contribution in [0.15, 0.2) is 0 Å². The summed E-state index contributed by atoms with van der Waals surface area (Å²) < 4.78 is 17.8. The van der Waals surface area contributed by atoms with E-state index in [1.54, 1.807) is 0 Å². The Kier molecular flexibility index (Phi) is 218. The Bertz CT molecular complexity index is 141. The second kappa shape index (κ2) is 54.8. The Balaban J connectivity index is -0.00000000364. The summed E-state index contributed by atoms with van der Waals surface area (Å²) in [7, 11) is -9.28. The average Bonchev–Trinajstić information content (AvgIpc) is 1.12. The van der Waals surface area contributed by atoms with Crippen molar-refractivity contribution in [3.63, 3.8) is 0 Å². The second-order valence-corrected chi connectivity index (χ2v) is 3.08. The van der Waals surface area contributed by atoms with Crippen LogP contribution in [0.4, 0.5) is 0 Å². The van der Waals surface area contributed by atoms with Crippen molar-refractivity contribution in [1.82, 2.24) is 0 Å². The van der Waals surface area contributed by atoms with Crippen LogP contribution < -0.4 is 0 Å². The van der Waals surface area contributed by atoms with E-state index in [0.29, 0.717) is 0 Å². The molecule has 0 heterocycles. The molecule has 0 aromatic carbocycles. The predicted molar refractivity (Wildman–Crippen MR) is 123 cm³/mol. The Morgan fingerprint density at radius 1 is 0.333 bits per heavy atom. The van der Waals surface area contributed by atoms with Gasteiger partial charge in [-0.1, -0.05) is 0 Å². The number of hydrogen-bond acceptors (Lipinski definition) is 2. The number of rotatable bonds is 0. The summed E-state index contributed by atoms with van der Waals surface area (Å²) >= 11 is 0. The van der Waals surface area contributed by atoms with Crippen LogP contribution in [-0.2, 0) is 9.13 Å². The summed E-state index contributed by atoms with van der Waals surface area (Å²) in [6.07, 6.45) is 0. The van der Waals surface area contributed by atoms with E-state index in [0.717, 1.165) is 0 Å².